The van der Waals surface area contributed by atoms with Crippen molar-refractivity contribution in [3.8, 4) is 0 Å². The van der Waals surface area contributed by atoms with Gasteiger partial charge in [-0.1, -0.05) is 12.8 Å². The molecule has 1 saturated carbocycles. The molecule has 2 fully saturated rings. The van der Waals surface area contributed by atoms with Crippen LogP contribution in [-0.4, -0.2) is 41.9 Å². The van der Waals surface area contributed by atoms with E-state index in [4.69, 9.17) is 0 Å². The lowest BCUT2D eigenvalue weighted by Crippen LogP contribution is -2.49. The van der Waals surface area contributed by atoms with Crippen molar-refractivity contribution in [1.82, 2.24) is 9.80 Å². The highest BCUT2D eigenvalue weighted by Crippen LogP contribution is 2.27. The quantitative estimate of drug-likeness (QED) is 0.848. The highest BCUT2D eigenvalue weighted by molar-refractivity contribution is 7.07. The molecule has 0 N–H and O–H groups in total. The van der Waals surface area contributed by atoms with E-state index in [0.717, 1.165) is 45.6 Å². The molecular weight excluding hydrogens is 256 g/mol. The number of nitrogens with zero attached hydrogens (tertiary/aromatic N) is 2. The molecule has 0 spiro atoms. The number of carbonyl (C=O) groups is 1. The number of rotatable bonds is 3. The van der Waals surface area contributed by atoms with Crippen LogP contribution < -0.4 is 0 Å². The first-order chi connectivity index (χ1) is 9.33. The van der Waals surface area contributed by atoms with Gasteiger partial charge in [-0.3, -0.25) is 9.69 Å². The Kier molecular flexibility index (Phi) is 4.18. The molecule has 4 heteroatoms. The van der Waals surface area contributed by atoms with Crippen molar-refractivity contribution >= 4 is 17.2 Å². The zero-order valence-corrected chi connectivity index (χ0v) is 12.2. The van der Waals surface area contributed by atoms with Crippen LogP contribution >= 0.6 is 11.3 Å². The largest absolute Gasteiger partial charge is 0.340 e. The monoisotopic (exact) mass is 278 g/mol. The molecule has 1 saturated heterocycles. The van der Waals surface area contributed by atoms with Crippen molar-refractivity contribution in [1.29, 1.82) is 0 Å². The summed E-state index contributed by atoms with van der Waals surface area (Å²) >= 11 is 1.76. The van der Waals surface area contributed by atoms with E-state index < -0.39 is 0 Å². The Morgan fingerprint density at radius 1 is 1.21 bits per heavy atom. The zero-order valence-electron chi connectivity index (χ0n) is 11.4. The van der Waals surface area contributed by atoms with E-state index in [1.54, 1.807) is 11.3 Å². The topological polar surface area (TPSA) is 23.6 Å². The smallest absolute Gasteiger partial charge is 0.225 e. The second-order valence-corrected chi connectivity index (χ2v) is 6.49. The first kappa shape index (κ1) is 13.1. The van der Waals surface area contributed by atoms with Crippen LogP contribution in [0.3, 0.4) is 0 Å². The van der Waals surface area contributed by atoms with Gasteiger partial charge in [-0.2, -0.15) is 11.3 Å². The number of piperazine rings is 1. The molecule has 1 aliphatic heterocycles. The van der Waals surface area contributed by atoms with E-state index in [-0.39, 0.29) is 0 Å². The van der Waals surface area contributed by atoms with Gasteiger partial charge in [-0.25, -0.2) is 0 Å². The van der Waals surface area contributed by atoms with Crippen LogP contribution in [0, 0.1) is 5.92 Å². The minimum atomic E-state index is 0.337. The number of hydrogen-bond acceptors (Lipinski definition) is 3. The van der Waals surface area contributed by atoms with Gasteiger partial charge in [0.15, 0.2) is 0 Å². The molecule has 19 heavy (non-hydrogen) atoms. The lowest BCUT2D eigenvalue weighted by molar-refractivity contribution is -0.137. The highest BCUT2D eigenvalue weighted by Gasteiger charge is 2.29. The first-order valence-electron chi connectivity index (χ1n) is 7.35. The normalized spacial score (nSPS) is 22.0. The average Bonchev–Trinajstić information content (AvgIpc) is 3.12. The van der Waals surface area contributed by atoms with Crippen molar-refractivity contribution < 1.29 is 4.79 Å². The van der Waals surface area contributed by atoms with Gasteiger partial charge in [0, 0.05) is 38.6 Å². The zero-order chi connectivity index (χ0) is 13.1. The summed E-state index contributed by atoms with van der Waals surface area (Å²) in [5, 5.41) is 4.35. The maximum Gasteiger partial charge on any atom is 0.225 e. The molecule has 1 aromatic rings. The molecule has 0 bridgehead atoms. The average molecular weight is 278 g/mol. The fraction of sp³-hybridized carbons (Fsp3) is 0.667. The molecule has 0 atom stereocenters. The van der Waals surface area contributed by atoms with Crippen LogP contribution in [0.5, 0.6) is 0 Å². The number of hydrogen-bond donors (Lipinski definition) is 0. The third-order valence-corrected chi connectivity index (χ3v) is 5.11. The van der Waals surface area contributed by atoms with Crippen molar-refractivity contribution in [2.45, 2.75) is 32.2 Å². The van der Waals surface area contributed by atoms with Crippen molar-refractivity contribution in [3.05, 3.63) is 22.4 Å². The van der Waals surface area contributed by atoms with E-state index in [1.165, 1.54) is 18.4 Å². The van der Waals surface area contributed by atoms with Gasteiger partial charge in [0.05, 0.1) is 0 Å². The van der Waals surface area contributed by atoms with E-state index in [9.17, 15) is 4.79 Å². The standard InChI is InChI=1S/C15H22N2OS/c18-15(14-3-1-2-4-14)17-8-6-16(7-9-17)11-13-5-10-19-12-13/h5,10,12,14H,1-4,6-9,11H2. The molecule has 104 valence electrons. The molecular formula is C15H22N2OS. The maximum atomic E-state index is 12.3. The fourth-order valence-corrected chi connectivity index (χ4v) is 3.86. The van der Waals surface area contributed by atoms with E-state index in [1.807, 2.05) is 0 Å². The van der Waals surface area contributed by atoms with E-state index in [0.29, 0.717) is 11.8 Å². The van der Waals surface area contributed by atoms with E-state index in [2.05, 4.69) is 26.6 Å². The minimum Gasteiger partial charge on any atom is -0.340 e. The summed E-state index contributed by atoms with van der Waals surface area (Å²) in [6.45, 7) is 4.91. The van der Waals surface area contributed by atoms with Gasteiger partial charge in [-0.15, -0.1) is 0 Å². The Balaban J connectivity index is 1.47. The van der Waals surface area contributed by atoms with Crippen LogP contribution in [0.2, 0.25) is 0 Å². The molecule has 1 aromatic heterocycles. The number of amides is 1. The molecule has 2 aliphatic rings. The lowest BCUT2D eigenvalue weighted by Gasteiger charge is -2.35. The molecule has 0 aromatic carbocycles. The summed E-state index contributed by atoms with van der Waals surface area (Å²) in [4.78, 5) is 16.9. The van der Waals surface area contributed by atoms with Crippen LogP contribution in [0.25, 0.3) is 0 Å². The van der Waals surface area contributed by atoms with Crippen molar-refractivity contribution in [3.63, 3.8) is 0 Å². The van der Waals surface area contributed by atoms with Gasteiger partial charge in [0.2, 0.25) is 5.91 Å². The van der Waals surface area contributed by atoms with Crippen molar-refractivity contribution in [2.75, 3.05) is 26.2 Å². The van der Waals surface area contributed by atoms with Crippen molar-refractivity contribution in [2.24, 2.45) is 5.92 Å². The van der Waals surface area contributed by atoms with Gasteiger partial charge >= 0.3 is 0 Å². The van der Waals surface area contributed by atoms with Crippen LogP contribution in [-0.2, 0) is 11.3 Å². The van der Waals surface area contributed by atoms with E-state index >= 15 is 0 Å². The summed E-state index contributed by atoms with van der Waals surface area (Å²) in [7, 11) is 0. The maximum absolute atomic E-state index is 12.3. The van der Waals surface area contributed by atoms with Gasteiger partial charge < -0.3 is 4.90 Å². The van der Waals surface area contributed by atoms with Gasteiger partial charge in [0.1, 0.15) is 0 Å². The molecule has 2 heterocycles. The predicted octanol–water partition coefficient (Wildman–Crippen LogP) is 2.58. The highest BCUT2D eigenvalue weighted by atomic mass is 32.1. The Morgan fingerprint density at radius 3 is 2.58 bits per heavy atom. The van der Waals surface area contributed by atoms with Crippen LogP contribution in [0.4, 0.5) is 0 Å². The third kappa shape index (κ3) is 3.18. The molecule has 0 unspecified atom stereocenters. The molecule has 1 amide bonds. The minimum absolute atomic E-state index is 0.337. The summed E-state index contributed by atoms with van der Waals surface area (Å²) in [5.74, 6) is 0.760. The first-order valence-corrected chi connectivity index (χ1v) is 8.29. The lowest BCUT2D eigenvalue weighted by atomic mass is 10.1. The Bertz CT molecular complexity index is 404. The predicted molar refractivity (Wildman–Crippen MR) is 78.1 cm³/mol. The number of thiophene rings is 1. The molecule has 3 nitrogen and oxygen atoms in total. The Morgan fingerprint density at radius 2 is 1.95 bits per heavy atom. The summed E-state index contributed by atoms with van der Waals surface area (Å²) in [5.41, 5.74) is 1.40. The fourth-order valence-electron chi connectivity index (χ4n) is 3.20. The number of carbonyl (C=O) groups excluding carboxylic acids is 1. The molecule has 1 aliphatic carbocycles. The second-order valence-electron chi connectivity index (χ2n) is 5.71. The summed E-state index contributed by atoms with van der Waals surface area (Å²) in [6.07, 6.45) is 4.73. The summed E-state index contributed by atoms with van der Waals surface area (Å²) < 4.78 is 0. The van der Waals surface area contributed by atoms with Gasteiger partial charge in [0.25, 0.3) is 0 Å². The Hall–Kier alpha value is -0.870. The summed E-state index contributed by atoms with van der Waals surface area (Å²) in [6, 6.07) is 2.20. The third-order valence-electron chi connectivity index (χ3n) is 4.37. The second kappa shape index (κ2) is 6.06. The Labute approximate surface area is 119 Å². The van der Waals surface area contributed by atoms with Gasteiger partial charge in [-0.05, 0) is 35.2 Å². The SMILES string of the molecule is O=C(C1CCCC1)N1CCN(Cc2ccsc2)CC1. The van der Waals surface area contributed by atoms with Crippen LogP contribution in [0.1, 0.15) is 31.2 Å². The molecule has 3 rings (SSSR count). The van der Waals surface area contributed by atoms with Crippen LogP contribution in [0.15, 0.2) is 16.8 Å². The molecule has 0 radical (unpaired) electrons.